The molecule has 3 rings (SSSR count). The summed E-state index contributed by atoms with van der Waals surface area (Å²) >= 11 is 0. The Labute approximate surface area is 161 Å². The third-order valence-electron chi connectivity index (χ3n) is 4.66. The first-order valence-electron chi connectivity index (χ1n) is 9.66. The number of carbonyl (C=O) groups is 1. The minimum Gasteiger partial charge on any atom is -0.490 e. The van der Waals surface area contributed by atoms with Crippen LogP contribution in [0.3, 0.4) is 0 Å². The van der Waals surface area contributed by atoms with E-state index in [1.807, 2.05) is 19.9 Å². The molecule has 27 heavy (non-hydrogen) atoms. The van der Waals surface area contributed by atoms with E-state index in [0.717, 1.165) is 26.1 Å². The highest BCUT2D eigenvalue weighted by Crippen LogP contribution is 2.28. The summed E-state index contributed by atoms with van der Waals surface area (Å²) in [5.41, 5.74) is 1.90. The van der Waals surface area contributed by atoms with E-state index in [1.165, 1.54) is 5.56 Å². The molecule has 1 aliphatic heterocycles. The lowest BCUT2D eigenvalue weighted by molar-refractivity contribution is 0.0937. The normalized spacial score (nSPS) is 16.9. The van der Waals surface area contributed by atoms with Gasteiger partial charge >= 0.3 is 0 Å². The molecule has 0 saturated carbocycles. The van der Waals surface area contributed by atoms with Gasteiger partial charge in [-0.1, -0.05) is 30.3 Å². The molecule has 1 fully saturated rings. The van der Waals surface area contributed by atoms with Crippen LogP contribution in [0.1, 0.15) is 36.2 Å². The van der Waals surface area contributed by atoms with Gasteiger partial charge in [-0.3, -0.25) is 9.69 Å². The van der Waals surface area contributed by atoms with Crippen molar-refractivity contribution in [2.75, 3.05) is 26.3 Å². The predicted molar refractivity (Wildman–Crippen MR) is 106 cm³/mol. The van der Waals surface area contributed by atoms with E-state index < -0.39 is 0 Å². The summed E-state index contributed by atoms with van der Waals surface area (Å²) in [4.78, 5) is 15.0. The van der Waals surface area contributed by atoms with Gasteiger partial charge in [0, 0.05) is 31.2 Å². The lowest BCUT2D eigenvalue weighted by atomic mass is 10.1. The van der Waals surface area contributed by atoms with Crippen LogP contribution in [0, 0.1) is 0 Å². The molecule has 2 aromatic rings. The lowest BCUT2D eigenvalue weighted by Gasteiger charge is -2.17. The molecule has 5 heteroatoms. The molecule has 0 spiro atoms. The summed E-state index contributed by atoms with van der Waals surface area (Å²) in [5.74, 6) is 1.22. The monoisotopic (exact) mass is 368 g/mol. The Morgan fingerprint density at radius 3 is 2.56 bits per heavy atom. The number of likely N-dealkylation sites (tertiary alicyclic amines) is 1. The first-order chi connectivity index (χ1) is 13.2. The maximum Gasteiger partial charge on any atom is 0.251 e. The highest BCUT2D eigenvalue weighted by atomic mass is 16.5. The molecule has 1 atom stereocenters. The number of rotatable bonds is 8. The molecule has 1 aliphatic rings. The van der Waals surface area contributed by atoms with Gasteiger partial charge in [0.1, 0.15) is 0 Å². The van der Waals surface area contributed by atoms with E-state index in [2.05, 4.69) is 34.5 Å². The molecule has 0 bridgehead atoms. The Hall–Kier alpha value is -2.53. The van der Waals surface area contributed by atoms with E-state index in [9.17, 15) is 4.79 Å². The Balaban J connectivity index is 1.58. The molecular formula is C22H28N2O3. The van der Waals surface area contributed by atoms with Gasteiger partial charge in [0.2, 0.25) is 0 Å². The number of hydrogen-bond donors (Lipinski definition) is 1. The van der Waals surface area contributed by atoms with Crippen molar-refractivity contribution in [2.24, 2.45) is 0 Å². The smallest absolute Gasteiger partial charge is 0.251 e. The molecule has 2 aromatic carbocycles. The van der Waals surface area contributed by atoms with Crippen molar-refractivity contribution in [1.82, 2.24) is 10.2 Å². The van der Waals surface area contributed by atoms with E-state index in [1.54, 1.807) is 18.2 Å². The highest BCUT2D eigenvalue weighted by Gasteiger charge is 2.24. The fourth-order valence-electron chi connectivity index (χ4n) is 3.40. The Morgan fingerprint density at radius 1 is 1.07 bits per heavy atom. The molecule has 1 amide bonds. The van der Waals surface area contributed by atoms with Gasteiger partial charge in [0.05, 0.1) is 13.2 Å². The molecule has 0 aromatic heterocycles. The molecule has 0 radical (unpaired) electrons. The highest BCUT2D eigenvalue weighted by molar-refractivity contribution is 5.95. The first-order valence-corrected chi connectivity index (χ1v) is 9.66. The predicted octanol–water partition coefficient (Wildman–Crippen LogP) is 3.49. The molecule has 5 nitrogen and oxygen atoms in total. The van der Waals surface area contributed by atoms with Gasteiger partial charge in [-0.15, -0.1) is 0 Å². The molecule has 1 unspecified atom stereocenters. The third-order valence-corrected chi connectivity index (χ3v) is 4.66. The van der Waals surface area contributed by atoms with Gasteiger partial charge < -0.3 is 14.8 Å². The number of hydrogen-bond acceptors (Lipinski definition) is 4. The number of amides is 1. The Kier molecular flexibility index (Phi) is 6.71. The molecular weight excluding hydrogens is 340 g/mol. The van der Waals surface area contributed by atoms with E-state index in [4.69, 9.17) is 9.47 Å². The van der Waals surface area contributed by atoms with Gasteiger partial charge in [-0.25, -0.2) is 0 Å². The summed E-state index contributed by atoms with van der Waals surface area (Å²) < 4.78 is 11.2. The topological polar surface area (TPSA) is 50.8 Å². The van der Waals surface area contributed by atoms with Gasteiger partial charge in [-0.05, 0) is 44.0 Å². The second-order valence-electron chi connectivity index (χ2n) is 6.71. The van der Waals surface area contributed by atoms with Gasteiger partial charge in [0.15, 0.2) is 11.5 Å². The number of ether oxygens (including phenoxy) is 2. The quantitative estimate of drug-likeness (QED) is 0.775. The summed E-state index contributed by atoms with van der Waals surface area (Å²) in [5, 5.41) is 3.15. The SMILES string of the molecule is CCOc1ccc(C(=O)NC2CCN(Cc3ccccc3)C2)cc1OCC. The second kappa shape index (κ2) is 9.42. The van der Waals surface area contributed by atoms with Crippen molar-refractivity contribution >= 4 is 5.91 Å². The van der Waals surface area contributed by atoms with Crippen LogP contribution < -0.4 is 14.8 Å². The van der Waals surface area contributed by atoms with E-state index in [-0.39, 0.29) is 11.9 Å². The zero-order valence-electron chi connectivity index (χ0n) is 16.1. The molecule has 1 heterocycles. The molecule has 144 valence electrons. The van der Waals surface area contributed by atoms with E-state index in [0.29, 0.717) is 30.3 Å². The van der Waals surface area contributed by atoms with E-state index >= 15 is 0 Å². The maximum absolute atomic E-state index is 12.7. The lowest BCUT2D eigenvalue weighted by Crippen LogP contribution is -2.37. The summed E-state index contributed by atoms with van der Waals surface area (Å²) in [6, 6.07) is 16.0. The molecule has 1 N–H and O–H groups in total. The fraction of sp³-hybridized carbons (Fsp3) is 0.409. The fourth-order valence-corrected chi connectivity index (χ4v) is 3.40. The van der Waals surface area contributed by atoms with Crippen LogP contribution in [0.4, 0.5) is 0 Å². The number of nitrogens with one attached hydrogen (secondary N) is 1. The van der Waals surface area contributed by atoms with Crippen LogP contribution in [-0.4, -0.2) is 43.2 Å². The molecule has 0 aliphatic carbocycles. The largest absolute Gasteiger partial charge is 0.490 e. The minimum absolute atomic E-state index is 0.0643. The average molecular weight is 368 g/mol. The van der Waals surface area contributed by atoms with Crippen LogP contribution in [-0.2, 0) is 6.54 Å². The van der Waals surface area contributed by atoms with Crippen LogP contribution >= 0.6 is 0 Å². The Bertz CT molecular complexity index is 748. The number of carbonyl (C=O) groups excluding carboxylic acids is 1. The number of benzene rings is 2. The van der Waals surface area contributed by atoms with Crippen LogP contribution in [0.2, 0.25) is 0 Å². The van der Waals surface area contributed by atoms with Gasteiger partial charge in [0.25, 0.3) is 5.91 Å². The summed E-state index contributed by atoms with van der Waals surface area (Å²) in [7, 11) is 0. The van der Waals surface area contributed by atoms with Crippen LogP contribution in [0.5, 0.6) is 11.5 Å². The minimum atomic E-state index is -0.0643. The van der Waals surface area contributed by atoms with Crippen molar-refractivity contribution < 1.29 is 14.3 Å². The standard InChI is InChI=1S/C22H28N2O3/c1-3-26-20-11-10-18(14-21(20)27-4-2)22(25)23-19-12-13-24(16-19)15-17-8-6-5-7-9-17/h5-11,14,19H,3-4,12-13,15-16H2,1-2H3,(H,23,25). The van der Waals surface area contributed by atoms with Crippen molar-refractivity contribution in [1.29, 1.82) is 0 Å². The first kappa shape index (κ1) is 19.2. The van der Waals surface area contributed by atoms with Crippen molar-refractivity contribution in [3.8, 4) is 11.5 Å². The van der Waals surface area contributed by atoms with Gasteiger partial charge in [-0.2, -0.15) is 0 Å². The van der Waals surface area contributed by atoms with Crippen LogP contribution in [0.15, 0.2) is 48.5 Å². The maximum atomic E-state index is 12.7. The molecule has 1 saturated heterocycles. The number of nitrogens with zero attached hydrogens (tertiary/aromatic N) is 1. The second-order valence-corrected chi connectivity index (χ2v) is 6.71. The Morgan fingerprint density at radius 2 is 1.81 bits per heavy atom. The average Bonchev–Trinajstić information content (AvgIpc) is 3.11. The van der Waals surface area contributed by atoms with Crippen LogP contribution in [0.25, 0.3) is 0 Å². The third kappa shape index (κ3) is 5.23. The van der Waals surface area contributed by atoms with Crippen molar-refractivity contribution in [3.63, 3.8) is 0 Å². The van der Waals surface area contributed by atoms with Crippen molar-refractivity contribution in [2.45, 2.75) is 32.9 Å². The summed E-state index contributed by atoms with van der Waals surface area (Å²) in [6.45, 7) is 7.72. The zero-order chi connectivity index (χ0) is 19.1. The zero-order valence-corrected chi connectivity index (χ0v) is 16.1. The summed E-state index contributed by atoms with van der Waals surface area (Å²) in [6.07, 6.45) is 0.966. The van der Waals surface area contributed by atoms with Crippen molar-refractivity contribution in [3.05, 3.63) is 59.7 Å².